The average molecular weight is 257 g/mol. The molecule has 0 radical (unpaired) electrons. The van der Waals surface area contributed by atoms with Gasteiger partial charge in [-0.15, -0.1) is 5.10 Å². The summed E-state index contributed by atoms with van der Waals surface area (Å²) >= 11 is 0. The molecule has 2 rings (SSSR count). The third kappa shape index (κ3) is 3.56. The van der Waals surface area contributed by atoms with Crippen LogP contribution in [0.2, 0.25) is 0 Å². The van der Waals surface area contributed by atoms with Gasteiger partial charge in [-0.25, -0.2) is 15.0 Å². The Bertz CT molecular complexity index is 565. The van der Waals surface area contributed by atoms with Crippen LogP contribution in [0, 0.1) is 17.2 Å². The summed E-state index contributed by atoms with van der Waals surface area (Å²) in [5.41, 5.74) is 1.00. The van der Waals surface area contributed by atoms with Gasteiger partial charge in [0.2, 0.25) is 0 Å². The van der Waals surface area contributed by atoms with Crippen molar-refractivity contribution in [2.45, 2.75) is 20.4 Å². The first kappa shape index (κ1) is 13.1. The van der Waals surface area contributed by atoms with Crippen LogP contribution in [0.15, 0.2) is 18.7 Å². The molecule has 19 heavy (non-hydrogen) atoms. The molecule has 7 heteroatoms. The second-order valence-corrected chi connectivity index (χ2v) is 4.54. The van der Waals surface area contributed by atoms with E-state index < -0.39 is 0 Å². The van der Waals surface area contributed by atoms with Crippen LogP contribution >= 0.6 is 0 Å². The molecule has 0 aromatic carbocycles. The topological polar surface area (TPSA) is 92.3 Å². The van der Waals surface area contributed by atoms with E-state index in [1.807, 2.05) is 6.07 Å². The molecule has 0 bridgehead atoms. The minimum Gasteiger partial charge on any atom is -0.312 e. The van der Waals surface area contributed by atoms with Crippen LogP contribution < -0.4 is 5.32 Å². The average Bonchev–Trinajstić information content (AvgIpc) is 2.88. The number of hydrogen-bond acceptors (Lipinski definition) is 6. The van der Waals surface area contributed by atoms with Crippen LogP contribution in [0.25, 0.3) is 5.95 Å². The van der Waals surface area contributed by atoms with Gasteiger partial charge < -0.3 is 5.32 Å². The lowest BCUT2D eigenvalue weighted by Crippen LogP contribution is -2.19. The highest BCUT2D eigenvalue weighted by molar-refractivity contribution is 5.15. The number of nitrogens with zero attached hydrogens (tertiary/aromatic N) is 6. The molecule has 0 unspecified atom stereocenters. The molecule has 1 N–H and O–H groups in total. The van der Waals surface area contributed by atoms with Crippen molar-refractivity contribution in [3.8, 4) is 12.0 Å². The van der Waals surface area contributed by atoms with Crippen LogP contribution in [-0.4, -0.2) is 31.3 Å². The molecule has 98 valence electrons. The van der Waals surface area contributed by atoms with E-state index in [-0.39, 0.29) is 5.82 Å². The largest absolute Gasteiger partial charge is 0.312 e. The van der Waals surface area contributed by atoms with Gasteiger partial charge in [-0.3, -0.25) is 0 Å². The third-order valence-corrected chi connectivity index (χ3v) is 2.37. The molecule has 2 aromatic heterocycles. The standard InChI is InChI=1S/C12H15N7/c1-9(2)4-14-5-10-6-15-12(16-7-10)19-8-17-11(3-13)18-19/h6-9,14H,4-5H2,1-2H3. The number of nitriles is 1. The second-order valence-electron chi connectivity index (χ2n) is 4.54. The summed E-state index contributed by atoms with van der Waals surface area (Å²) in [6.07, 6.45) is 4.90. The normalized spacial score (nSPS) is 10.6. The van der Waals surface area contributed by atoms with E-state index in [0.717, 1.165) is 18.7 Å². The fraction of sp³-hybridized carbons (Fsp3) is 0.417. The third-order valence-electron chi connectivity index (χ3n) is 2.37. The highest BCUT2D eigenvalue weighted by Gasteiger charge is 2.04. The quantitative estimate of drug-likeness (QED) is 0.846. The minimum absolute atomic E-state index is 0.103. The minimum atomic E-state index is 0.103. The predicted octanol–water partition coefficient (Wildman–Crippen LogP) is 0.675. The summed E-state index contributed by atoms with van der Waals surface area (Å²) in [7, 11) is 0. The van der Waals surface area contributed by atoms with Gasteiger partial charge in [-0.2, -0.15) is 9.94 Å². The molecule has 0 fully saturated rings. The Morgan fingerprint density at radius 1 is 1.32 bits per heavy atom. The highest BCUT2D eigenvalue weighted by atomic mass is 15.4. The van der Waals surface area contributed by atoms with Crippen molar-refractivity contribution in [3.05, 3.63) is 30.1 Å². The Balaban J connectivity index is 2.00. The summed E-state index contributed by atoms with van der Waals surface area (Å²) in [6.45, 7) is 6.00. The van der Waals surface area contributed by atoms with E-state index in [2.05, 4.69) is 39.2 Å². The van der Waals surface area contributed by atoms with Crippen LogP contribution in [0.4, 0.5) is 0 Å². The number of hydrogen-bond donors (Lipinski definition) is 1. The van der Waals surface area contributed by atoms with Crippen molar-refractivity contribution in [2.24, 2.45) is 5.92 Å². The van der Waals surface area contributed by atoms with Crippen LogP contribution in [0.1, 0.15) is 25.2 Å². The van der Waals surface area contributed by atoms with Gasteiger partial charge in [0.25, 0.3) is 11.8 Å². The summed E-state index contributed by atoms with van der Waals surface area (Å²) in [6, 6.07) is 1.86. The van der Waals surface area contributed by atoms with Gasteiger partial charge in [0.15, 0.2) is 0 Å². The molecule has 0 spiro atoms. The Morgan fingerprint density at radius 3 is 2.63 bits per heavy atom. The first-order valence-corrected chi connectivity index (χ1v) is 6.03. The molecular formula is C12H15N7. The summed E-state index contributed by atoms with van der Waals surface area (Å²) < 4.78 is 1.38. The Labute approximate surface area is 111 Å². The maximum absolute atomic E-state index is 8.65. The molecule has 0 aliphatic carbocycles. The molecule has 7 nitrogen and oxygen atoms in total. The predicted molar refractivity (Wildman–Crippen MR) is 68.2 cm³/mol. The first-order valence-electron chi connectivity index (χ1n) is 6.03. The molecule has 2 aromatic rings. The molecule has 0 saturated carbocycles. The van der Waals surface area contributed by atoms with Crippen molar-refractivity contribution in [1.29, 1.82) is 5.26 Å². The van der Waals surface area contributed by atoms with E-state index in [4.69, 9.17) is 5.26 Å². The van der Waals surface area contributed by atoms with E-state index >= 15 is 0 Å². The molecule has 0 atom stereocenters. The number of nitrogens with one attached hydrogen (secondary N) is 1. The monoisotopic (exact) mass is 257 g/mol. The first-order chi connectivity index (χ1) is 9.19. The zero-order chi connectivity index (χ0) is 13.7. The summed E-state index contributed by atoms with van der Waals surface area (Å²) in [4.78, 5) is 12.2. The van der Waals surface area contributed by atoms with Crippen LogP contribution in [0.3, 0.4) is 0 Å². The molecule has 0 aliphatic rings. The van der Waals surface area contributed by atoms with E-state index in [0.29, 0.717) is 11.9 Å². The highest BCUT2D eigenvalue weighted by Crippen LogP contribution is 2.01. The molecular weight excluding hydrogens is 242 g/mol. The van der Waals surface area contributed by atoms with Gasteiger partial charge in [0.1, 0.15) is 12.4 Å². The molecule has 2 heterocycles. The summed E-state index contributed by atoms with van der Waals surface area (Å²) in [5, 5.41) is 15.9. The van der Waals surface area contributed by atoms with Crippen molar-refractivity contribution >= 4 is 0 Å². The van der Waals surface area contributed by atoms with Gasteiger partial charge in [-0.05, 0) is 12.5 Å². The van der Waals surface area contributed by atoms with Gasteiger partial charge in [-0.1, -0.05) is 13.8 Å². The van der Waals surface area contributed by atoms with Crippen LogP contribution in [-0.2, 0) is 6.54 Å². The molecule has 0 amide bonds. The Hall–Kier alpha value is -2.33. The Morgan fingerprint density at radius 2 is 2.05 bits per heavy atom. The lowest BCUT2D eigenvalue weighted by atomic mass is 10.2. The van der Waals surface area contributed by atoms with Crippen molar-refractivity contribution in [2.75, 3.05) is 6.54 Å². The summed E-state index contributed by atoms with van der Waals surface area (Å²) in [5.74, 6) is 1.12. The van der Waals surface area contributed by atoms with Crippen molar-refractivity contribution in [3.63, 3.8) is 0 Å². The maximum atomic E-state index is 8.65. The lowest BCUT2D eigenvalue weighted by Gasteiger charge is -2.07. The molecule has 0 saturated heterocycles. The van der Waals surface area contributed by atoms with Crippen LogP contribution in [0.5, 0.6) is 0 Å². The van der Waals surface area contributed by atoms with Gasteiger partial charge >= 0.3 is 0 Å². The lowest BCUT2D eigenvalue weighted by molar-refractivity contribution is 0.551. The smallest absolute Gasteiger partial charge is 0.252 e. The SMILES string of the molecule is CC(C)CNCc1cnc(-n2cnc(C#N)n2)nc1. The Kier molecular flexibility index (Phi) is 4.15. The van der Waals surface area contributed by atoms with Crippen molar-refractivity contribution in [1.82, 2.24) is 30.0 Å². The second kappa shape index (κ2) is 6.02. The fourth-order valence-electron chi connectivity index (χ4n) is 1.47. The van der Waals surface area contributed by atoms with Crippen molar-refractivity contribution < 1.29 is 0 Å². The molecule has 0 aliphatic heterocycles. The zero-order valence-corrected chi connectivity index (χ0v) is 10.9. The number of aromatic nitrogens is 5. The zero-order valence-electron chi connectivity index (χ0n) is 10.9. The van der Waals surface area contributed by atoms with E-state index in [1.165, 1.54) is 11.0 Å². The maximum Gasteiger partial charge on any atom is 0.252 e. The van der Waals surface area contributed by atoms with E-state index in [1.54, 1.807) is 12.4 Å². The van der Waals surface area contributed by atoms with Gasteiger partial charge in [0, 0.05) is 24.5 Å². The number of rotatable bonds is 5. The fourth-order valence-corrected chi connectivity index (χ4v) is 1.47. The van der Waals surface area contributed by atoms with E-state index in [9.17, 15) is 0 Å². The van der Waals surface area contributed by atoms with Gasteiger partial charge in [0.05, 0.1) is 0 Å².